The van der Waals surface area contributed by atoms with Gasteiger partial charge < -0.3 is 14.5 Å². The van der Waals surface area contributed by atoms with Crippen molar-refractivity contribution in [2.45, 2.75) is 19.3 Å². The van der Waals surface area contributed by atoms with Crippen LogP contribution in [0.3, 0.4) is 0 Å². The minimum atomic E-state index is -0.501. The molecule has 0 aliphatic carbocycles. The van der Waals surface area contributed by atoms with Crippen LogP contribution < -0.4 is 9.80 Å². The van der Waals surface area contributed by atoms with Gasteiger partial charge in [-0.1, -0.05) is 32.0 Å². The van der Waals surface area contributed by atoms with Crippen LogP contribution in [0.2, 0.25) is 0 Å². The number of fused-ring (bicyclic) bond motifs is 1. The van der Waals surface area contributed by atoms with Crippen LogP contribution in [-0.2, 0) is 14.9 Å². The van der Waals surface area contributed by atoms with Gasteiger partial charge in [-0.05, 0) is 35.9 Å². The van der Waals surface area contributed by atoms with Crippen molar-refractivity contribution in [2.75, 3.05) is 37.5 Å². The highest BCUT2D eigenvalue weighted by atomic mass is 16.5. The lowest BCUT2D eigenvalue weighted by atomic mass is 9.83. The SMILES string of the molecule is CN(C)c1ccc(C(=O)OCC(=O)/C=C2/N(C)c3ccccc3C2(C)C)cc1. The summed E-state index contributed by atoms with van der Waals surface area (Å²) in [6, 6.07) is 15.2. The van der Waals surface area contributed by atoms with Crippen molar-refractivity contribution in [1.82, 2.24) is 0 Å². The average molecular weight is 378 g/mol. The Labute approximate surface area is 166 Å². The fourth-order valence-electron chi connectivity index (χ4n) is 3.57. The number of benzene rings is 2. The minimum absolute atomic E-state index is 0.235. The van der Waals surface area contributed by atoms with Gasteiger partial charge in [0.25, 0.3) is 0 Å². The van der Waals surface area contributed by atoms with Gasteiger partial charge in [0.1, 0.15) is 0 Å². The Balaban J connectivity index is 1.68. The second kappa shape index (κ2) is 7.50. The number of carbonyl (C=O) groups is 2. The van der Waals surface area contributed by atoms with Crippen LogP contribution in [0.5, 0.6) is 0 Å². The molecule has 0 unspecified atom stereocenters. The summed E-state index contributed by atoms with van der Waals surface area (Å²) in [5.41, 5.74) is 4.29. The molecule has 0 N–H and O–H groups in total. The maximum atomic E-state index is 12.5. The van der Waals surface area contributed by atoms with Gasteiger partial charge in [-0.15, -0.1) is 0 Å². The lowest BCUT2D eigenvalue weighted by molar-refractivity contribution is -0.117. The van der Waals surface area contributed by atoms with E-state index in [2.05, 4.69) is 19.9 Å². The van der Waals surface area contributed by atoms with E-state index in [1.54, 1.807) is 18.2 Å². The van der Waals surface area contributed by atoms with Gasteiger partial charge in [-0.25, -0.2) is 4.79 Å². The number of carbonyl (C=O) groups excluding carboxylic acids is 2. The number of hydrogen-bond acceptors (Lipinski definition) is 5. The Bertz CT molecular complexity index is 927. The van der Waals surface area contributed by atoms with Gasteiger partial charge in [0.15, 0.2) is 12.4 Å². The number of nitrogens with zero attached hydrogens (tertiary/aromatic N) is 2. The molecule has 0 radical (unpaired) electrons. The number of para-hydroxylation sites is 1. The first-order valence-electron chi connectivity index (χ1n) is 9.24. The highest BCUT2D eigenvalue weighted by Gasteiger charge is 2.38. The Kier molecular flexibility index (Phi) is 5.27. The van der Waals surface area contributed by atoms with Crippen LogP contribution in [-0.4, -0.2) is 39.5 Å². The lowest BCUT2D eigenvalue weighted by Crippen LogP contribution is -2.25. The fraction of sp³-hybridized carbons (Fsp3) is 0.304. The van der Waals surface area contributed by atoms with Crippen molar-refractivity contribution >= 4 is 23.1 Å². The molecule has 0 saturated carbocycles. The summed E-state index contributed by atoms with van der Waals surface area (Å²) < 4.78 is 5.22. The molecule has 0 spiro atoms. The molecule has 1 aliphatic heterocycles. The molecule has 1 heterocycles. The van der Waals surface area contributed by atoms with Crippen LogP contribution in [0.4, 0.5) is 11.4 Å². The zero-order valence-electron chi connectivity index (χ0n) is 17.0. The summed E-state index contributed by atoms with van der Waals surface area (Å²) in [4.78, 5) is 28.7. The highest BCUT2D eigenvalue weighted by molar-refractivity contribution is 5.96. The predicted molar refractivity (Wildman–Crippen MR) is 112 cm³/mol. The van der Waals surface area contributed by atoms with E-state index in [4.69, 9.17) is 4.74 Å². The second-order valence-corrected chi connectivity index (χ2v) is 7.71. The quantitative estimate of drug-likeness (QED) is 0.585. The summed E-state index contributed by atoms with van der Waals surface area (Å²) in [5.74, 6) is -0.736. The summed E-state index contributed by atoms with van der Waals surface area (Å²) in [6.07, 6.45) is 1.59. The van der Waals surface area contributed by atoms with Crippen molar-refractivity contribution in [1.29, 1.82) is 0 Å². The van der Waals surface area contributed by atoms with Crippen molar-refractivity contribution < 1.29 is 14.3 Å². The first kappa shape index (κ1) is 19.7. The van der Waals surface area contributed by atoms with E-state index in [1.165, 1.54) is 5.56 Å². The van der Waals surface area contributed by atoms with E-state index < -0.39 is 5.97 Å². The standard InChI is InChI=1S/C23H26N2O3/c1-23(2)19-8-6-7-9-20(19)25(5)21(23)14-18(26)15-28-22(27)16-10-12-17(13-11-16)24(3)4/h6-14H,15H2,1-5H3/b21-14+. The maximum Gasteiger partial charge on any atom is 0.338 e. The van der Waals surface area contributed by atoms with Gasteiger partial charge >= 0.3 is 5.97 Å². The van der Waals surface area contributed by atoms with Crippen LogP contribution in [0, 0.1) is 0 Å². The van der Waals surface area contributed by atoms with Gasteiger partial charge in [0.05, 0.1) is 5.56 Å². The molecule has 0 bridgehead atoms. The molecule has 2 aromatic carbocycles. The third-order valence-electron chi connectivity index (χ3n) is 5.20. The summed E-state index contributed by atoms with van der Waals surface area (Å²) in [5, 5.41) is 0. The number of ketones is 1. The molecule has 0 aromatic heterocycles. The van der Waals surface area contributed by atoms with Gasteiger partial charge in [0, 0.05) is 49.7 Å². The number of anilines is 2. The second-order valence-electron chi connectivity index (χ2n) is 7.71. The van der Waals surface area contributed by atoms with Crippen molar-refractivity contribution in [3.05, 3.63) is 71.4 Å². The zero-order chi connectivity index (χ0) is 20.5. The summed E-state index contributed by atoms with van der Waals surface area (Å²) in [7, 11) is 5.81. The number of ether oxygens (including phenoxy) is 1. The van der Waals surface area contributed by atoms with Crippen molar-refractivity contribution in [2.24, 2.45) is 0 Å². The smallest absolute Gasteiger partial charge is 0.338 e. The number of rotatable bonds is 5. The van der Waals surface area contributed by atoms with Gasteiger partial charge in [-0.2, -0.15) is 0 Å². The Morgan fingerprint density at radius 1 is 1.07 bits per heavy atom. The number of hydrogen-bond donors (Lipinski definition) is 0. The molecule has 0 amide bonds. The van der Waals surface area contributed by atoms with Crippen LogP contribution in [0.15, 0.2) is 60.3 Å². The number of esters is 1. The third kappa shape index (κ3) is 3.65. The maximum absolute atomic E-state index is 12.5. The highest BCUT2D eigenvalue weighted by Crippen LogP contribution is 2.46. The number of allylic oxidation sites excluding steroid dienone is 1. The molecule has 28 heavy (non-hydrogen) atoms. The summed E-state index contributed by atoms with van der Waals surface area (Å²) >= 11 is 0. The molecule has 0 fully saturated rings. The topological polar surface area (TPSA) is 49.9 Å². The van der Waals surface area contributed by atoms with E-state index in [0.717, 1.165) is 17.1 Å². The molecule has 2 aromatic rings. The van der Waals surface area contributed by atoms with Crippen molar-refractivity contribution in [3.63, 3.8) is 0 Å². The van der Waals surface area contributed by atoms with E-state index in [0.29, 0.717) is 5.56 Å². The van der Waals surface area contributed by atoms with Crippen LogP contribution >= 0.6 is 0 Å². The van der Waals surface area contributed by atoms with Crippen molar-refractivity contribution in [3.8, 4) is 0 Å². The van der Waals surface area contributed by atoms with E-state index >= 15 is 0 Å². The van der Waals surface area contributed by atoms with Crippen LogP contribution in [0.25, 0.3) is 0 Å². The molecular weight excluding hydrogens is 352 g/mol. The van der Waals surface area contributed by atoms with E-state index in [9.17, 15) is 9.59 Å². The lowest BCUT2D eigenvalue weighted by Gasteiger charge is -2.23. The molecule has 146 valence electrons. The largest absolute Gasteiger partial charge is 0.454 e. The first-order chi connectivity index (χ1) is 13.2. The normalized spacial score (nSPS) is 16.0. The first-order valence-corrected chi connectivity index (χ1v) is 9.24. The summed E-state index contributed by atoms with van der Waals surface area (Å²) in [6.45, 7) is 3.90. The van der Waals surface area contributed by atoms with Crippen LogP contribution in [0.1, 0.15) is 29.8 Å². The van der Waals surface area contributed by atoms with E-state index in [1.807, 2.05) is 61.3 Å². The van der Waals surface area contributed by atoms with E-state index in [-0.39, 0.29) is 17.8 Å². The number of likely N-dealkylation sites (N-methyl/N-ethyl adjacent to an activating group) is 1. The molecule has 5 heteroatoms. The average Bonchev–Trinajstić information content (AvgIpc) is 2.87. The predicted octanol–water partition coefficient (Wildman–Crippen LogP) is 3.79. The zero-order valence-corrected chi connectivity index (χ0v) is 17.0. The Morgan fingerprint density at radius 2 is 1.71 bits per heavy atom. The van der Waals surface area contributed by atoms with Gasteiger partial charge in [-0.3, -0.25) is 4.79 Å². The molecule has 1 aliphatic rings. The molecule has 3 rings (SSSR count). The third-order valence-corrected chi connectivity index (χ3v) is 5.20. The Morgan fingerprint density at radius 3 is 2.32 bits per heavy atom. The fourth-order valence-corrected chi connectivity index (χ4v) is 3.57. The molecule has 0 atom stereocenters. The minimum Gasteiger partial charge on any atom is -0.454 e. The molecule has 5 nitrogen and oxygen atoms in total. The molecular formula is C23H26N2O3. The molecule has 0 saturated heterocycles. The van der Waals surface area contributed by atoms with Gasteiger partial charge in [0.2, 0.25) is 0 Å². The monoisotopic (exact) mass is 378 g/mol. The Hall–Kier alpha value is -3.08.